The molecular formula is C18H29NO9. The van der Waals surface area contributed by atoms with E-state index < -0.39 is 59.0 Å². The van der Waals surface area contributed by atoms with Crippen LogP contribution >= 0.6 is 0 Å². The molecule has 3 aliphatic heterocycles. The Kier molecular flexibility index (Phi) is 4.61. The highest BCUT2D eigenvalue weighted by Gasteiger charge is 2.78. The van der Waals surface area contributed by atoms with Crippen LogP contribution in [0.5, 0.6) is 0 Å². The molecule has 0 aromatic carbocycles. The van der Waals surface area contributed by atoms with Crippen LogP contribution < -0.4 is 5.73 Å². The van der Waals surface area contributed by atoms with Gasteiger partial charge in [-0.3, -0.25) is 0 Å². The molecule has 0 unspecified atom stereocenters. The summed E-state index contributed by atoms with van der Waals surface area (Å²) in [7, 11) is 1.44. The van der Waals surface area contributed by atoms with Gasteiger partial charge in [0.2, 0.25) is 0 Å². The van der Waals surface area contributed by atoms with Crippen molar-refractivity contribution in [2.24, 2.45) is 11.7 Å². The Morgan fingerprint density at radius 3 is 2.39 bits per heavy atom. The summed E-state index contributed by atoms with van der Waals surface area (Å²) < 4.78 is 40.8. The number of hydrogen-bond acceptors (Lipinski definition) is 10. The first-order valence-corrected chi connectivity index (χ1v) is 9.41. The van der Waals surface area contributed by atoms with Gasteiger partial charge < -0.3 is 44.0 Å². The topological polar surface area (TPSA) is 128 Å². The number of ether oxygens (including phenoxy) is 7. The van der Waals surface area contributed by atoms with Crippen molar-refractivity contribution in [3.8, 4) is 0 Å². The summed E-state index contributed by atoms with van der Waals surface area (Å²) >= 11 is 0. The highest BCUT2D eigenvalue weighted by atomic mass is 16.8. The van der Waals surface area contributed by atoms with Gasteiger partial charge >= 0.3 is 5.97 Å². The second kappa shape index (κ2) is 6.32. The van der Waals surface area contributed by atoms with E-state index in [-0.39, 0.29) is 20.0 Å². The molecule has 1 spiro atoms. The molecular weight excluding hydrogens is 374 g/mol. The number of nitrogens with two attached hydrogens (primary N) is 1. The average molecular weight is 403 g/mol. The zero-order valence-electron chi connectivity index (χ0n) is 16.8. The van der Waals surface area contributed by atoms with Crippen molar-refractivity contribution >= 4 is 5.97 Å². The summed E-state index contributed by atoms with van der Waals surface area (Å²) in [6.07, 6.45) is -3.58. The van der Waals surface area contributed by atoms with E-state index in [0.717, 1.165) is 0 Å². The van der Waals surface area contributed by atoms with Crippen molar-refractivity contribution in [1.29, 1.82) is 0 Å². The molecule has 4 rings (SSSR count). The van der Waals surface area contributed by atoms with Crippen LogP contribution in [0.3, 0.4) is 0 Å². The molecule has 0 radical (unpaired) electrons. The molecule has 3 saturated heterocycles. The Hall–Kier alpha value is -0.850. The molecule has 0 aromatic rings. The normalized spacial score (nSPS) is 48.5. The predicted octanol–water partition coefficient (Wildman–Crippen LogP) is -0.738. The number of esters is 1. The van der Waals surface area contributed by atoms with E-state index in [1.807, 2.05) is 0 Å². The third kappa shape index (κ3) is 2.67. The Labute approximate surface area is 163 Å². The molecule has 10 heteroatoms. The number of hydrogen-bond donors (Lipinski definition) is 2. The number of carbonyl (C=O) groups is 1. The lowest BCUT2D eigenvalue weighted by molar-refractivity contribution is -0.294. The van der Waals surface area contributed by atoms with Gasteiger partial charge in [-0.15, -0.1) is 0 Å². The van der Waals surface area contributed by atoms with Gasteiger partial charge in [-0.25, -0.2) is 4.79 Å². The summed E-state index contributed by atoms with van der Waals surface area (Å²) in [5.74, 6) is -3.29. The minimum Gasteiger partial charge on any atom is -0.457 e. The second-order valence-electron chi connectivity index (χ2n) is 8.82. The Bertz CT molecular complexity index is 655. The van der Waals surface area contributed by atoms with Gasteiger partial charge in [0.25, 0.3) is 0 Å². The first-order valence-electron chi connectivity index (χ1n) is 9.41. The van der Waals surface area contributed by atoms with Crippen molar-refractivity contribution in [2.75, 3.05) is 27.1 Å². The van der Waals surface area contributed by atoms with E-state index in [0.29, 0.717) is 0 Å². The molecule has 160 valence electrons. The third-order valence-corrected chi connectivity index (χ3v) is 6.10. The molecule has 7 atom stereocenters. The maximum atomic E-state index is 12.9. The van der Waals surface area contributed by atoms with E-state index in [1.54, 1.807) is 27.7 Å². The molecule has 3 heterocycles. The van der Waals surface area contributed by atoms with Crippen LogP contribution in [-0.2, 0) is 38.0 Å². The van der Waals surface area contributed by atoms with Gasteiger partial charge in [0.1, 0.15) is 25.1 Å². The molecule has 1 aliphatic carbocycles. The van der Waals surface area contributed by atoms with E-state index in [2.05, 4.69) is 0 Å². The number of aliphatic hydroxyl groups is 1. The maximum absolute atomic E-state index is 12.9. The third-order valence-electron chi connectivity index (χ3n) is 6.10. The van der Waals surface area contributed by atoms with E-state index in [9.17, 15) is 9.90 Å². The lowest BCUT2D eigenvalue weighted by Crippen LogP contribution is -2.84. The van der Waals surface area contributed by atoms with Crippen LogP contribution in [0.2, 0.25) is 0 Å². The van der Waals surface area contributed by atoms with Crippen LogP contribution in [0, 0.1) is 5.92 Å². The highest BCUT2D eigenvalue weighted by Crippen LogP contribution is 2.56. The zero-order chi connectivity index (χ0) is 20.5. The number of carbonyl (C=O) groups excluding carboxylic acids is 1. The minimum atomic E-state index is -1.41. The molecule has 0 aromatic heterocycles. The molecule has 4 aliphatic rings. The summed E-state index contributed by atoms with van der Waals surface area (Å²) in [6.45, 7) is 6.63. The molecule has 2 bridgehead atoms. The van der Waals surface area contributed by atoms with Crippen LogP contribution in [0.25, 0.3) is 0 Å². The molecule has 0 amide bonds. The number of rotatable bonds is 4. The fourth-order valence-electron chi connectivity index (χ4n) is 5.06. The zero-order valence-corrected chi connectivity index (χ0v) is 16.8. The standard InChI is InChI=1S/C18H29NO9/c1-15(2)24-7-17(28-15)10-9(6-20)18(19,12-11(17)26-16(3,4)27-12)13(14(21)25-10)23-8-22-5/h9-13,20H,6-8,19H2,1-5H3/t9-,10+,11-,12+,13+,17-,18+/m0/s1. The Morgan fingerprint density at radius 1 is 1.14 bits per heavy atom. The highest BCUT2D eigenvalue weighted by molar-refractivity contribution is 5.79. The second-order valence-corrected chi connectivity index (χ2v) is 8.82. The first-order chi connectivity index (χ1) is 13.0. The van der Waals surface area contributed by atoms with Crippen molar-refractivity contribution < 1.29 is 43.1 Å². The molecule has 10 nitrogen and oxygen atoms in total. The Morgan fingerprint density at radius 2 is 1.82 bits per heavy atom. The van der Waals surface area contributed by atoms with Crippen LogP contribution in [0.15, 0.2) is 0 Å². The van der Waals surface area contributed by atoms with Crippen molar-refractivity contribution in [2.45, 2.75) is 74.8 Å². The van der Waals surface area contributed by atoms with Crippen molar-refractivity contribution in [3.63, 3.8) is 0 Å². The molecule has 1 saturated carbocycles. The monoisotopic (exact) mass is 403 g/mol. The van der Waals surface area contributed by atoms with Crippen molar-refractivity contribution in [1.82, 2.24) is 0 Å². The predicted molar refractivity (Wildman–Crippen MR) is 91.8 cm³/mol. The fourth-order valence-corrected chi connectivity index (χ4v) is 5.06. The van der Waals surface area contributed by atoms with Crippen LogP contribution in [-0.4, -0.2) is 85.3 Å². The first kappa shape index (κ1) is 20.4. The number of fused-ring (bicyclic) bond motifs is 6. The lowest BCUT2D eigenvalue weighted by Gasteiger charge is -2.60. The number of aliphatic hydroxyl groups excluding tert-OH is 1. The average Bonchev–Trinajstić information content (AvgIpc) is 3.10. The van der Waals surface area contributed by atoms with Gasteiger partial charge in [-0.05, 0) is 27.7 Å². The van der Waals surface area contributed by atoms with Crippen molar-refractivity contribution in [3.05, 3.63) is 0 Å². The minimum absolute atomic E-state index is 0.106. The fraction of sp³-hybridized carbons (Fsp3) is 0.944. The van der Waals surface area contributed by atoms with Gasteiger partial charge in [-0.1, -0.05) is 0 Å². The van der Waals surface area contributed by atoms with E-state index in [1.165, 1.54) is 7.11 Å². The number of methoxy groups -OCH3 is 1. The van der Waals surface area contributed by atoms with Gasteiger partial charge in [0, 0.05) is 13.0 Å². The quantitative estimate of drug-likeness (QED) is 0.458. The summed E-state index contributed by atoms with van der Waals surface area (Å²) in [6, 6.07) is 0. The van der Waals surface area contributed by atoms with Crippen LogP contribution in [0.4, 0.5) is 0 Å². The smallest absolute Gasteiger partial charge is 0.337 e. The van der Waals surface area contributed by atoms with Gasteiger partial charge in [0.05, 0.1) is 18.8 Å². The molecule has 28 heavy (non-hydrogen) atoms. The summed E-state index contributed by atoms with van der Waals surface area (Å²) in [5, 5.41) is 10.3. The summed E-state index contributed by atoms with van der Waals surface area (Å²) in [5.41, 5.74) is 4.24. The van der Waals surface area contributed by atoms with E-state index in [4.69, 9.17) is 38.9 Å². The van der Waals surface area contributed by atoms with Gasteiger partial charge in [0.15, 0.2) is 23.3 Å². The molecule has 3 N–H and O–H groups in total. The SMILES string of the molecule is COCO[C@@H]1C(=O)O[C@@H]2[C@H](CO)[C@@]1(N)[C@@H]1OC(C)(C)O[C@@H]1[C@]21COC(C)(C)O1. The Balaban J connectivity index is 1.84. The van der Waals surface area contributed by atoms with Gasteiger partial charge in [-0.2, -0.15) is 0 Å². The lowest BCUT2D eigenvalue weighted by atomic mass is 9.59. The van der Waals surface area contributed by atoms with E-state index >= 15 is 0 Å². The molecule has 4 fully saturated rings. The van der Waals surface area contributed by atoms with Crippen LogP contribution in [0.1, 0.15) is 27.7 Å². The maximum Gasteiger partial charge on any atom is 0.337 e. The summed E-state index contributed by atoms with van der Waals surface area (Å²) in [4.78, 5) is 12.9. The largest absolute Gasteiger partial charge is 0.457 e.